The summed E-state index contributed by atoms with van der Waals surface area (Å²) >= 11 is 0. The molecule has 1 fully saturated rings. The second kappa shape index (κ2) is 14.3. The number of amides is 1. The molecule has 5 rings (SSSR count). The first-order valence-electron chi connectivity index (χ1n) is 15.5. The van der Waals surface area contributed by atoms with Crippen LogP contribution in [0.3, 0.4) is 0 Å². The zero-order valence-corrected chi connectivity index (χ0v) is 27.5. The molecule has 2 aromatic carbocycles. The molecule has 47 heavy (non-hydrogen) atoms. The van der Waals surface area contributed by atoms with Crippen LogP contribution in [-0.4, -0.2) is 86.5 Å². The van der Waals surface area contributed by atoms with Gasteiger partial charge in [-0.15, -0.1) is 5.10 Å². The zero-order chi connectivity index (χ0) is 33.7. The Hall–Kier alpha value is -4.83. The summed E-state index contributed by atoms with van der Waals surface area (Å²) in [4.78, 5) is 25.8. The van der Waals surface area contributed by atoms with E-state index in [1.807, 2.05) is 13.0 Å². The summed E-state index contributed by atoms with van der Waals surface area (Å²) < 4.78 is 22.5. The van der Waals surface area contributed by atoms with Crippen LogP contribution in [0, 0.1) is 24.6 Å². The number of carbonyl (C=O) groups excluding carboxylic acids is 1. The number of ether oxygens (including phenoxy) is 1. The number of primary amides is 1. The number of aryl methyl sites for hydroxylation is 2. The molecule has 1 aliphatic heterocycles. The van der Waals surface area contributed by atoms with Gasteiger partial charge in [-0.2, -0.15) is 0 Å². The molecule has 1 saturated heterocycles. The van der Waals surface area contributed by atoms with E-state index in [9.17, 15) is 9.90 Å². The van der Waals surface area contributed by atoms with Crippen molar-refractivity contribution in [2.75, 3.05) is 45.7 Å². The first kappa shape index (κ1) is 33.5. The minimum atomic E-state index is -0.821. The highest BCUT2D eigenvalue weighted by Gasteiger charge is 2.20. The Bertz CT molecular complexity index is 1800. The monoisotopic (exact) mass is 640 g/mol. The van der Waals surface area contributed by atoms with E-state index in [-0.39, 0.29) is 11.4 Å². The molecular weight excluding hydrogens is 599 g/mol. The van der Waals surface area contributed by atoms with E-state index in [2.05, 4.69) is 49.1 Å². The van der Waals surface area contributed by atoms with Crippen LogP contribution in [0.2, 0.25) is 0 Å². The van der Waals surface area contributed by atoms with Gasteiger partial charge in [-0.1, -0.05) is 30.0 Å². The van der Waals surface area contributed by atoms with Crippen molar-refractivity contribution < 1.29 is 19.0 Å². The predicted molar refractivity (Wildman–Crippen MR) is 179 cm³/mol. The second-order valence-electron chi connectivity index (χ2n) is 12.5. The van der Waals surface area contributed by atoms with Crippen molar-refractivity contribution in [2.45, 2.75) is 45.9 Å². The van der Waals surface area contributed by atoms with Crippen LogP contribution in [0.15, 0.2) is 48.9 Å². The molecule has 11 nitrogen and oxygen atoms in total. The molecule has 1 aliphatic rings. The average Bonchev–Trinajstić information content (AvgIpc) is 3.43. The van der Waals surface area contributed by atoms with E-state index in [4.69, 9.17) is 10.5 Å². The number of hydrogen-bond acceptors (Lipinski definition) is 9. The maximum Gasteiger partial charge on any atom is 0.256 e. The normalized spacial score (nSPS) is 14.0. The number of halogens is 1. The lowest BCUT2D eigenvalue weighted by Gasteiger charge is -2.32. The number of carbonyl (C=O) groups is 1. The van der Waals surface area contributed by atoms with E-state index in [1.54, 1.807) is 55.3 Å². The van der Waals surface area contributed by atoms with Crippen LogP contribution in [-0.2, 0) is 13.1 Å². The van der Waals surface area contributed by atoms with Gasteiger partial charge in [0.05, 0.1) is 24.5 Å². The highest BCUT2D eigenvalue weighted by atomic mass is 19.1. The quantitative estimate of drug-likeness (QED) is 0.220. The fraction of sp³-hybridized carbons (Fsp3) is 0.371. The summed E-state index contributed by atoms with van der Waals surface area (Å²) in [6.45, 7) is 10.0. The second-order valence-corrected chi connectivity index (χ2v) is 12.5. The number of rotatable bonds is 10. The summed E-state index contributed by atoms with van der Waals surface area (Å²) in [6.07, 6.45) is 5.43. The molecule has 0 atom stereocenters. The Morgan fingerprint density at radius 3 is 2.49 bits per heavy atom. The van der Waals surface area contributed by atoms with E-state index < -0.39 is 11.5 Å². The summed E-state index contributed by atoms with van der Waals surface area (Å²) in [6, 6.07) is 8.50. The molecular formula is C35H41FN8O3. The van der Waals surface area contributed by atoms with Crippen molar-refractivity contribution in [2.24, 2.45) is 5.73 Å². The fourth-order valence-electron chi connectivity index (χ4n) is 5.31. The highest BCUT2D eigenvalue weighted by Crippen LogP contribution is 2.32. The predicted octanol–water partition coefficient (Wildman–Crippen LogP) is 3.95. The average molecular weight is 641 g/mol. The number of methoxy groups -OCH3 is 1. The molecule has 0 radical (unpaired) electrons. The zero-order valence-electron chi connectivity index (χ0n) is 27.5. The standard InChI is InChI=1S/C35H41FN8O3/c1-23-6-10-28(32(37)45)31(25-8-9-26(29(36)18-25)21-43-16-14-42(4)15-17-43)27(23)11-7-24-19-38-34(39-20-24)40-30-22-44(41-33(30)47-5)13-12-35(2,3)46/h6,8-10,18-20,22,46H,12-17,21H2,1-5H3,(H2,37,45)(H,38,39,40). The number of nitrogens with zero attached hydrogens (tertiary/aromatic N) is 6. The van der Waals surface area contributed by atoms with Crippen molar-refractivity contribution in [1.82, 2.24) is 29.5 Å². The third kappa shape index (κ3) is 8.51. The number of nitrogens with one attached hydrogen (secondary N) is 1. The number of anilines is 2. The lowest BCUT2D eigenvalue weighted by Crippen LogP contribution is -2.44. The molecule has 0 aliphatic carbocycles. The van der Waals surface area contributed by atoms with Crippen LogP contribution in [0.1, 0.15) is 52.9 Å². The molecule has 2 aromatic heterocycles. The number of hydrogen-bond donors (Lipinski definition) is 3. The van der Waals surface area contributed by atoms with E-state index in [0.29, 0.717) is 64.8 Å². The Kier molecular flexibility index (Phi) is 10.2. The molecule has 0 spiro atoms. The number of aromatic nitrogens is 4. The van der Waals surface area contributed by atoms with E-state index in [1.165, 1.54) is 13.2 Å². The van der Waals surface area contributed by atoms with Crippen LogP contribution in [0.4, 0.5) is 16.0 Å². The maximum absolute atomic E-state index is 15.5. The van der Waals surface area contributed by atoms with Gasteiger partial charge in [-0.3, -0.25) is 14.4 Å². The van der Waals surface area contributed by atoms with Crippen LogP contribution in [0.25, 0.3) is 11.1 Å². The number of benzene rings is 2. The number of likely N-dealkylation sites (N-methyl/N-ethyl adjacent to an activating group) is 1. The SMILES string of the molecule is COc1nn(CCC(C)(C)O)cc1Nc1ncc(C#Cc2c(C)ccc(C(N)=O)c2-c2ccc(CN3CCN(C)CC3)c(F)c2)cn1. The summed E-state index contributed by atoms with van der Waals surface area (Å²) in [7, 11) is 3.61. The lowest BCUT2D eigenvalue weighted by atomic mass is 9.90. The smallest absolute Gasteiger partial charge is 0.256 e. The Morgan fingerprint density at radius 2 is 1.85 bits per heavy atom. The van der Waals surface area contributed by atoms with E-state index >= 15 is 4.39 Å². The molecule has 12 heteroatoms. The number of piperazine rings is 1. The van der Waals surface area contributed by atoms with Crippen LogP contribution >= 0.6 is 0 Å². The Morgan fingerprint density at radius 1 is 1.13 bits per heavy atom. The van der Waals surface area contributed by atoms with Gasteiger partial charge in [0.2, 0.25) is 11.9 Å². The van der Waals surface area contributed by atoms with Gasteiger partial charge < -0.3 is 25.8 Å². The van der Waals surface area contributed by atoms with Crippen molar-refractivity contribution in [3.63, 3.8) is 0 Å². The highest BCUT2D eigenvalue weighted by molar-refractivity contribution is 6.01. The van der Waals surface area contributed by atoms with Crippen molar-refractivity contribution >= 4 is 17.5 Å². The van der Waals surface area contributed by atoms with Gasteiger partial charge in [0.25, 0.3) is 5.88 Å². The van der Waals surface area contributed by atoms with Gasteiger partial charge >= 0.3 is 0 Å². The largest absolute Gasteiger partial charge is 0.478 e. The molecule has 1 amide bonds. The number of nitrogens with two attached hydrogens (primary N) is 1. The molecule has 3 heterocycles. The first-order valence-corrected chi connectivity index (χ1v) is 15.5. The third-order valence-corrected chi connectivity index (χ3v) is 8.11. The van der Waals surface area contributed by atoms with Crippen molar-refractivity contribution in [3.05, 3.63) is 82.6 Å². The summed E-state index contributed by atoms with van der Waals surface area (Å²) in [5, 5.41) is 17.5. The van der Waals surface area contributed by atoms with Gasteiger partial charge in [0.1, 0.15) is 11.5 Å². The Balaban J connectivity index is 1.38. The lowest BCUT2D eigenvalue weighted by molar-refractivity contribution is 0.0649. The van der Waals surface area contributed by atoms with Crippen molar-refractivity contribution in [3.8, 4) is 28.8 Å². The summed E-state index contributed by atoms with van der Waals surface area (Å²) in [5.74, 6) is 5.97. The van der Waals surface area contributed by atoms with E-state index in [0.717, 1.165) is 31.7 Å². The van der Waals surface area contributed by atoms with Crippen LogP contribution < -0.4 is 15.8 Å². The third-order valence-electron chi connectivity index (χ3n) is 8.11. The fourth-order valence-corrected chi connectivity index (χ4v) is 5.31. The molecule has 0 saturated carbocycles. The van der Waals surface area contributed by atoms with Gasteiger partial charge in [0.15, 0.2) is 0 Å². The molecule has 4 N–H and O–H groups in total. The minimum Gasteiger partial charge on any atom is -0.478 e. The topological polar surface area (TPSA) is 135 Å². The maximum atomic E-state index is 15.5. The molecule has 4 aromatic rings. The molecule has 0 bridgehead atoms. The molecule has 246 valence electrons. The van der Waals surface area contributed by atoms with Crippen molar-refractivity contribution in [1.29, 1.82) is 0 Å². The molecule has 0 unspecified atom stereocenters. The van der Waals surface area contributed by atoms with Crippen LogP contribution in [0.5, 0.6) is 5.88 Å². The van der Waals surface area contributed by atoms with Gasteiger partial charge in [-0.25, -0.2) is 14.4 Å². The first-order chi connectivity index (χ1) is 22.4. The Labute approximate surface area is 274 Å². The summed E-state index contributed by atoms with van der Waals surface area (Å²) in [5.41, 5.74) is 9.32. The number of aliphatic hydroxyl groups is 1. The van der Waals surface area contributed by atoms with Gasteiger partial charge in [0, 0.05) is 73.9 Å². The van der Waals surface area contributed by atoms with Gasteiger partial charge in [-0.05, 0) is 57.5 Å². The minimum absolute atomic E-state index is 0.263.